The highest BCUT2D eigenvalue weighted by molar-refractivity contribution is 5.92. The second kappa shape index (κ2) is 9.37. The molecule has 1 amide bonds. The van der Waals surface area contributed by atoms with E-state index in [1.165, 1.54) is 22.3 Å². The molecule has 4 rings (SSSR count). The maximum Gasteiger partial charge on any atom is 0.204 e. The van der Waals surface area contributed by atoms with E-state index >= 15 is 0 Å². The van der Waals surface area contributed by atoms with Crippen molar-refractivity contribution in [2.75, 3.05) is 37.6 Å². The predicted octanol–water partition coefficient (Wildman–Crippen LogP) is 2.91. The largest absolute Gasteiger partial charge is 0.459 e. The SMILES string of the molecule is Cc1oc2c(N3CCN(CCc4ccccn4)CC3)cccc2c1C.NC=O. The van der Waals surface area contributed by atoms with Gasteiger partial charge < -0.3 is 15.1 Å². The number of rotatable bonds is 4. The van der Waals surface area contributed by atoms with Crippen molar-refractivity contribution < 1.29 is 9.21 Å². The van der Waals surface area contributed by atoms with Gasteiger partial charge in [0.1, 0.15) is 5.76 Å². The summed E-state index contributed by atoms with van der Waals surface area (Å²) in [6.45, 7) is 9.52. The Morgan fingerprint density at radius 2 is 1.86 bits per heavy atom. The summed E-state index contributed by atoms with van der Waals surface area (Å²) in [6, 6.07) is 12.6. The van der Waals surface area contributed by atoms with Crippen molar-refractivity contribution in [1.82, 2.24) is 9.88 Å². The van der Waals surface area contributed by atoms with Gasteiger partial charge >= 0.3 is 0 Å². The van der Waals surface area contributed by atoms with Gasteiger partial charge in [0.05, 0.1) is 5.69 Å². The lowest BCUT2D eigenvalue weighted by Crippen LogP contribution is -2.47. The summed E-state index contributed by atoms with van der Waals surface area (Å²) in [5.41, 5.74) is 8.87. The number of furan rings is 1. The van der Waals surface area contributed by atoms with Crippen LogP contribution in [-0.2, 0) is 11.2 Å². The molecular weight excluding hydrogens is 352 g/mol. The molecule has 6 heteroatoms. The number of carbonyl (C=O) groups excluding carboxylic acids is 1. The van der Waals surface area contributed by atoms with Crippen molar-refractivity contribution in [3.05, 3.63) is 59.6 Å². The normalized spacial score (nSPS) is 14.6. The van der Waals surface area contributed by atoms with E-state index in [1.807, 2.05) is 12.3 Å². The van der Waals surface area contributed by atoms with Gasteiger partial charge in [0.25, 0.3) is 0 Å². The fraction of sp³-hybridized carbons (Fsp3) is 0.364. The van der Waals surface area contributed by atoms with Gasteiger partial charge in [-0.1, -0.05) is 18.2 Å². The number of benzene rings is 1. The highest BCUT2D eigenvalue weighted by Gasteiger charge is 2.20. The first-order chi connectivity index (χ1) is 13.6. The van der Waals surface area contributed by atoms with Gasteiger partial charge in [0.2, 0.25) is 6.41 Å². The Kier molecular flexibility index (Phi) is 6.66. The lowest BCUT2D eigenvalue weighted by Gasteiger charge is -2.36. The van der Waals surface area contributed by atoms with Crippen LogP contribution in [0.15, 0.2) is 47.0 Å². The first-order valence-electron chi connectivity index (χ1n) is 9.65. The van der Waals surface area contributed by atoms with Crippen LogP contribution in [0.25, 0.3) is 11.0 Å². The smallest absolute Gasteiger partial charge is 0.204 e. The minimum atomic E-state index is 0.250. The van der Waals surface area contributed by atoms with Crippen LogP contribution >= 0.6 is 0 Å². The molecule has 1 aliphatic rings. The fourth-order valence-electron chi connectivity index (χ4n) is 3.63. The van der Waals surface area contributed by atoms with E-state index < -0.39 is 0 Å². The molecule has 1 aliphatic heterocycles. The molecule has 148 valence electrons. The van der Waals surface area contributed by atoms with E-state index in [0.717, 1.165) is 50.5 Å². The number of nitrogens with two attached hydrogens (primary N) is 1. The lowest BCUT2D eigenvalue weighted by molar-refractivity contribution is -0.106. The molecule has 2 aromatic heterocycles. The zero-order chi connectivity index (χ0) is 19.9. The standard InChI is InChI=1S/C21H25N3O.CH3NO/c1-16-17(2)25-21-19(16)7-5-8-20(21)24-14-12-23(13-15-24)11-9-18-6-3-4-10-22-18;2-1-3/h3-8,10H,9,11-15H2,1-2H3;1H,(H2,2,3). The Labute approximate surface area is 165 Å². The van der Waals surface area contributed by atoms with Crippen molar-refractivity contribution >= 4 is 23.1 Å². The van der Waals surface area contributed by atoms with E-state index in [-0.39, 0.29) is 6.41 Å². The molecular formula is C22H28N4O2. The number of nitrogens with zero attached hydrogens (tertiary/aromatic N) is 3. The monoisotopic (exact) mass is 380 g/mol. The lowest BCUT2D eigenvalue weighted by atomic mass is 10.1. The molecule has 28 heavy (non-hydrogen) atoms. The summed E-state index contributed by atoms with van der Waals surface area (Å²) in [4.78, 5) is 18.0. The quantitative estimate of drug-likeness (QED) is 0.705. The first-order valence-corrected chi connectivity index (χ1v) is 9.65. The number of carbonyl (C=O) groups is 1. The molecule has 0 saturated carbocycles. The molecule has 0 bridgehead atoms. The molecule has 0 atom stereocenters. The van der Waals surface area contributed by atoms with E-state index in [1.54, 1.807) is 0 Å². The molecule has 6 nitrogen and oxygen atoms in total. The molecule has 1 fully saturated rings. The van der Waals surface area contributed by atoms with Crippen LogP contribution in [0.3, 0.4) is 0 Å². The second-order valence-corrected chi connectivity index (χ2v) is 6.97. The predicted molar refractivity (Wildman–Crippen MR) is 113 cm³/mol. The zero-order valence-electron chi connectivity index (χ0n) is 16.6. The number of fused-ring (bicyclic) bond motifs is 1. The van der Waals surface area contributed by atoms with Crippen LogP contribution in [0.4, 0.5) is 5.69 Å². The van der Waals surface area contributed by atoms with Gasteiger partial charge in [-0.25, -0.2) is 0 Å². The van der Waals surface area contributed by atoms with Gasteiger partial charge in [0, 0.05) is 56.4 Å². The summed E-state index contributed by atoms with van der Waals surface area (Å²) in [6.07, 6.45) is 3.15. The van der Waals surface area contributed by atoms with Crippen molar-refractivity contribution in [2.24, 2.45) is 5.73 Å². The van der Waals surface area contributed by atoms with E-state index in [9.17, 15) is 0 Å². The number of hydrogen-bond acceptors (Lipinski definition) is 5. The topological polar surface area (TPSA) is 75.6 Å². The third kappa shape index (κ3) is 4.51. The summed E-state index contributed by atoms with van der Waals surface area (Å²) < 4.78 is 6.05. The van der Waals surface area contributed by atoms with Gasteiger partial charge in [-0.2, -0.15) is 0 Å². The Morgan fingerprint density at radius 3 is 2.54 bits per heavy atom. The molecule has 0 spiro atoms. The molecule has 2 N–H and O–H groups in total. The van der Waals surface area contributed by atoms with E-state index in [0.29, 0.717) is 0 Å². The van der Waals surface area contributed by atoms with Crippen LogP contribution in [0.5, 0.6) is 0 Å². The average molecular weight is 380 g/mol. The van der Waals surface area contributed by atoms with Gasteiger partial charge in [-0.05, 0) is 37.6 Å². The number of para-hydroxylation sites is 1. The van der Waals surface area contributed by atoms with Crippen molar-refractivity contribution in [3.8, 4) is 0 Å². The summed E-state index contributed by atoms with van der Waals surface area (Å²) in [5, 5.41) is 1.24. The molecule has 1 aromatic carbocycles. The Balaban J connectivity index is 0.000000706. The van der Waals surface area contributed by atoms with Gasteiger partial charge in [-0.15, -0.1) is 0 Å². The number of piperazine rings is 1. The minimum Gasteiger partial charge on any atom is -0.459 e. The molecule has 3 heterocycles. The number of pyridine rings is 1. The van der Waals surface area contributed by atoms with E-state index in [4.69, 9.17) is 9.21 Å². The number of aryl methyl sites for hydroxylation is 2. The fourth-order valence-corrected chi connectivity index (χ4v) is 3.63. The molecule has 0 unspecified atom stereocenters. The van der Waals surface area contributed by atoms with Crippen LogP contribution in [0, 0.1) is 13.8 Å². The maximum absolute atomic E-state index is 8.58. The van der Waals surface area contributed by atoms with Crippen LogP contribution < -0.4 is 10.6 Å². The summed E-state index contributed by atoms with van der Waals surface area (Å²) in [7, 11) is 0. The Hall–Kier alpha value is -2.86. The van der Waals surface area contributed by atoms with Crippen molar-refractivity contribution in [2.45, 2.75) is 20.3 Å². The number of aromatic nitrogens is 1. The third-order valence-corrected chi connectivity index (χ3v) is 5.30. The van der Waals surface area contributed by atoms with Crippen molar-refractivity contribution in [3.63, 3.8) is 0 Å². The number of primary amides is 1. The first kappa shape index (κ1) is 19.9. The highest BCUT2D eigenvalue weighted by atomic mass is 16.3. The van der Waals surface area contributed by atoms with Crippen LogP contribution in [0.2, 0.25) is 0 Å². The average Bonchev–Trinajstić information content (AvgIpc) is 3.02. The van der Waals surface area contributed by atoms with Crippen LogP contribution in [-0.4, -0.2) is 49.0 Å². The number of amides is 1. The van der Waals surface area contributed by atoms with Crippen molar-refractivity contribution in [1.29, 1.82) is 0 Å². The second-order valence-electron chi connectivity index (χ2n) is 6.97. The Morgan fingerprint density at radius 1 is 1.11 bits per heavy atom. The molecule has 1 saturated heterocycles. The minimum absolute atomic E-state index is 0.250. The maximum atomic E-state index is 8.58. The molecule has 0 aliphatic carbocycles. The van der Waals surface area contributed by atoms with Crippen LogP contribution in [0.1, 0.15) is 17.0 Å². The summed E-state index contributed by atoms with van der Waals surface area (Å²) in [5.74, 6) is 1.02. The highest BCUT2D eigenvalue weighted by Crippen LogP contribution is 2.33. The number of hydrogen-bond donors (Lipinski definition) is 1. The van der Waals surface area contributed by atoms with Gasteiger partial charge in [0.15, 0.2) is 5.58 Å². The summed E-state index contributed by atoms with van der Waals surface area (Å²) >= 11 is 0. The Bertz CT molecular complexity index is 900. The zero-order valence-corrected chi connectivity index (χ0v) is 16.6. The van der Waals surface area contributed by atoms with E-state index in [2.05, 4.69) is 64.7 Å². The molecule has 0 radical (unpaired) electrons. The molecule has 3 aromatic rings. The van der Waals surface area contributed by atoms with Gasteiger partial charge in [-0.3, -0.25) is 14.7 Å². The number of anilines is 1. The third-order valence-electron chi connectivity index (χ3n) is 5.30.